The molecule has 0 atom stereocenters. The number of nitrogens with zero attached hydrogens (tertiary/aromatic N) is 1. The van der Waals surface area contributed by atoms with Gasteiger partial charge in [0.15, 0.2) is 0 Å². The van der Waals surface area contributed by atoms with Crippen LogP contribution in [0.1, 0.15) is 12.5 Å². The van der Waals surface area contributed by atoms with Crippen molar-refractivity contribution in [3.63, 3.8) is 0 Å². The lowest BCUT2D eigenvalue weighted by Crippen LogP contribution is -2.37. The van der Waals surface area contributed by atoms with Gasteiger partial charge in [-0.3, -0.25) is 9.10 Å². The Labute approximate surface area is 158 Å². The quantitative estimate of drug-likeness (QED) is 0.778. The van der Waals surface area contributed by atoms with E-state index in [9.17, 15) is 13.2 Å². The molecule has 140 valence electrons. The van der Waals surface area contributed by atoms with Crippen molar-refractivity contribution in [3.8, 4) is 5.75 Å². The lowest BCUT2D eigenvalue weighted by Gasteiger charge is -2.24. The zero-order valence-corrected chi connectivity index (χ0v) is 16.4. The predicted octanol–water partition coefficient (Wildman–Crippen LogP) is 3.32. The number of anilines is 2. The minimum atomic E-state index is -3.73. The van der Waals surface area contributed by atoms with Crippen LogP contribution in [-0.4, -0.2) is 34.2 Å². The fraction of sp³-hybridized carbons (Fsp3) is 0.278. The van der Waals surface area contributed by atoms with Crippen LogP contribution in [0.2, 0.25) is 5.02 Å². The summed E-state index contributed by atoms with van der Waals surface area (Å²) < 4.78 is 30.6. The summed E-state index contributed by atoms with van der Waals surface area (Å²) in [6.07, 6.45) is 1.92. The van der Waals surface area contributed by atoms with Gasteiger partial charge in [0.1, 0.15) is 12.3 Å². The maximum atomic E-state index is 12.4. The molecule has 0 aliphatic heterocycles. The summed E-state index contributed by atoms with van der Waals surface area (Å²) in [7, 11) is -2.31. The highest BCUT2D eigenvalue weighted by molar-refractivity contribution is 7.92. The standard InChI is InChI=1S/C18H21ClN2O4S/c1-4-13-5-8-15(9-6-13)20-18(22)12-21(26(3,23)24)16-11-14(19)7-10-17(16)25-2/h5-11H,4,12H2,1-3H3,(H,20,22). The fourth-order valence-corrected chi connectivity index (χ4v) is 3.41. The predicted molar refractivity (Wildman–Crippen MR) is 105 cm³/mol. The van der Waals surface area contributed by atoms with Crippen molar-refractivity contribution in [3.05, 3.63) is 53.1 Å². The molecule has 0 spiro atoms. The molecule has 6 nitrogen and oxygen atoms in total. The third-order valence-corrected chi connectivity index (χ3v) is 5.10. The molecule has 0 aliphatic carbocycles. The average Bonchev–Trinajstić information content (AvgIpc) is 2.59. The Bertz CT molecular complexity index is 883. The van der Waals surface area contributed by atoms with Crippen LogP contribution in [-0.2, 0) is 21.2 Å². The maximum absolute atomic E-state index is 12.4. The van der Waals surface area contributed by atoms with E-state index in [1.807, 2.05) is 19.1 Å². The SMILES string of the molecule is CCc1ccc(NC(=O)CN(c2cc(Cl)ccc2OC)S(C)(=O)=O)cc1. The molecule has 0 aliphatic rings. The molecule has 0 bridgehead atoms. The lowest BCUT2D eigenvalue weighted by molar-refractivity contribution is -0.114. The van der Waals surface area contributed by atoms with E-state index in [4.69, 9.17) is 16.3 Å². The van der Waals surface area contributed by atoms with E-state index < -0.39 is 22.5 Å². The first-order valence-electron chi connectivity index (χ1n) is 7.94. The number of aryl methyl sites for hydroxylation is 1. The number of ether oxygens (including phenoxy) is 1. The van der Waals surface area contributed by atoms with Crippen molar-refractivity contribution >= 4 is 38.9 Å². The zero-order valence-electron chi connectivity index (χ0n) is 14.8. The molecule has 8 heteroatoms. The highest BCUT2D eigenvalue weighted by atomic mass is 35.5. The van der Waals surface area contributed by atoms with Gasteiger partial charge in [0.2, 0.25) is 15.9 Å². The van der Waals surface area contributed by atoms with Crippen LogP contribution in [0.3, 0.4) is 0 Å². The summed E-state index contributed by atoms with van der Waals surface area (Å²) in [4.78, 5) is 12.4. The van der Waals surface area contributed by atoms with Gasteiger partial charge in [0, 0.05) is 10.7 Å². The summed E-state index contributed by atoms with van der Waals surface area (Å²) >= 11 is 5.99. The lowest BCUT2D eigenvalue weighted by atomic mass is 10.1. The van der Waals surface area contributed by atoms with Gasteiger partial charge in [0.25, 0.3) is 0 Å². The zero-order chi connectivity index (χ0) is 19.3. The Morgan fingerprint density at radius 1 is 1.19 bits per heavy atom. The summed E-state index contributed by atoms with van der Waals surface area (Å²) in [5, 5.41) is 3.04. The summed E-state index contributed by atoms with van der Waals surface area (Å²) in [6, 6.07) is 12.0. The number of nitrogens with one attached hydrogen (secondary N) is 1. The van der Waals surface area contributed by atoms with Crippen LogP contribution < -0.4 is 14.4 Å². The Morgan fingerprint density at radius 3 is 2.38 bits per heavy atom. The second-order valence-corrected chi connectivity index (χ2v) is 8.03. The number of sulfonamides is 1. The first-order valence-corrected chi connectivity index (χ1v) is 10.2. The number of halogens is 1. The van der Waals surface area contributed by atoms with Gasteiger partial charge in [0.05, 0.1) is 19.1 Å². The fourth-order valence-electron chi connectivity index (χ4n) is 2.39. The van der Waals surface area contributed by atoms with Crippen LogP contribution in [0, 0.1) is 0 Å². The van der Waals surface area contributed by atoms with E-state index in [1.54, 1.807) is 24.3 Å². The summed E-state index contributed by atoms with van der Waals surface area (Å²) in [5.74, 6) is -0.165. The number of amides is 1. The Hall–Kier alpha value is -2.25. The van der Waals surface area contributed by atoms with E-state index in [-0.39, 0.29) is 5.69 Å². The number of rotatable bonds is 7. The summed E-state index contributed by atoms with van der Waals surface area (Å²) in [6.45, 7) is 1.64. The number of methoxy groups -OCH3 is 1. The molecule has 0 aromatic heterocycles. The first kappa shape index (κ1) is 20.1. The van der Waals surface area contributed by atoms with Gasteiger partial charge < -0.3 is 10.1 Å². The number of benzene rings is 2. The molecular formula is C18H21ClN2O4S. The molecule has 2 rings (SSSR count). The van der Waals surface area contributed by atoms with Gasteiger partial charge in [-0.25, -0.2) is 8.42 Å². The third kappa shape index (κ3) is 5.12. The first-order chi connectivity index (χ1) is 12.2. The topological polar surface area (TPSA) is 75.7 Å². The van der Waals surface area contributed by atoms with Crippen molar-refractivity contribution in [2.45, 2.75) is 13.3 Å². The molecule has 0 radical (unpaired) electrons. The van der Waals surface area contributed by atoms with Gasteiger partial charge in [-0.15, -0.1) is 0 Å². The van der Waals surface area contributed by atoms with Crippen molar-refractivity contribution < 1.29 is 17.9 Å². The number of carbonyl (C=O) groups excluding carboxylic acids is 1. The monoisotopic (exact) mass is 396 g/mol. The van der Waals surface area contributed by atoms with Gasteiger partial charge in [-0.1, -0.05) is 30.7 Å². The van der Waals surface area contributed by atoms with E-state index in [1.165, 1.54) is 13.2 Å². The molecule has 0 saturated carbocycles. The van der Waals surface area contributed by atoms with Gasteiger partial charge in [-0.2, -0.15) is 0 Å². The third-order valence-electron chi connectivity index (χ3n) is 3.74. The molecule has 0 heterocycles. The summed E-state index contributed by atoms with van der Waals surface area (Å²) in [5.41, 5.74) is 1.95. The second-order valence-electron chi connectivity index (χ2n) is 5.68. The smallest absolute Gasteiger partial charge is 0.245 e. The Balaban J connectivity index is 2.26. The number of hydrogen-bond donors (Lipinski definition) is 1. The maximum Gasteiger partial charge on any atom is 0.245 e. The molecule has 1 N–H and O–H groups in total. The Kier molecular flexibility index (Phi) is 6.50. The molecule has 26 heavy (non-hydrogen) atoms. The van der Waals surface area contributed by atoms with Crippen molar-refractivity contribution in [1.82, 2.24) is 0 Å². The van der Waals surface area contributed by atoms with Crippen molar-refractivity contribution in [1.29, 1.82) is 0 Å². The van der Waals surface area contributed by atoms with Crippen LogP contribution in [0.5, 0.6) is 5.75 Å². The molecule has 2 aromatic rings. The van der Waals surface area contributed by atoms with Crippen LogP contribution in [0.15, 0.2) is 42.5 Å². The number of carbonyl (C=O) groups is 1. The molecule has 0 saturated heterocycles. The van der Waals surface area contributed by atoms with Crippen LogP contribution in [0.4, 0.5) is 11.4 Å². The van der Waals surface area contributed by atoms with Crippen LogP contribution in [0.25, 0.3) is 0 Å². The van der Waals surface area contributed by atoms with E-state index in [0.29, 0.717) is 16.5 Å². The minimum absolute atomic E-state index is 0.207. The van der Waals surface area contributed by atoms with Crippen molar-refractivity contribution in [2.75, 3.05) is 29.5 Å². The van der Waals surface area contributed by atoms with Crippen molar-refractivity contribution in [2.24, 2.45) is 0 Å². The molecule has 1 amide bonds. The largest absolute Gasteiger partial charge is 0.495 e. The van der Waals surface area contributed by atoms with Gasteiger partial charge >= 0.3 is 0 Å². The Morgan fingerprint density at radius 2 is 1.85 bits per heavy atom. The molecule has 0 fully saturated rings. The number of hydrogen-bond acceptors (Lipinski definition) is 4. The van der Waals surface area contributed by atoms with Crippen LogP contribution >= 0.6 is 11.6 Å². The normalized spacial score (nSPS) is 11.1. The highest BCUT2D eigenvalue weighted by Gasteiger charge is 2.24. The second kappa shape index (κ2) is 8.42. The molecule has 2 aromatic carbocycles. The van der Waals surface area contributed by atoms with E-state index in [2.05, 4.69) is 5.32 Å². The van der Waals surface area contributed by atoms with Gasteiger partial charge in [-0.05, 0) is 42.3 Å². The minimum Gasteiger partial charge on any atom is -0.495 e. The van der Waals surface area contributed by atoms with E-state index >= 15 is 0 Å². The average molecular weight is 397 g/mol. The van der Waals surface area contributed by atoms with E-state index in [0.717, 1.165) is 22.5 Å². The molecule has 0 unspecified atom stereocenters. The highest BCUT2D eigenvalue weighted by Crippen LogP contribution is 2.32. The molecular weight excluding hydrogens is 376 g/mol.